The summed E-state index contributed by atoms with van der Waals surface area (Å²) in [5, 5.41) is 0.229. The van der Waals surface area contributed by atoms with Gasteiger partial charge in [0.1, 0.15) is 5.75 Å². The summed E-state index contributed by atoms with van der Waals surface area (Å²) in [6.07, 6.45) is 1.80. The van der Waals surface area contributed by atoms with Crippen LogP contribution >= 0.6 is 0 Å². The Labute approximate surface area is 162 Å². The summed E-state index contributed by atoms with van der Waals surface area (Å²) in [5.41, 5.74) is 1.40. The van der Waals surface area contributed by atoms with Crippen molar-refractivity contribution in [1.29, 1.82) is 0 Å². The summed E-state index contributed by atoms with van der Waals surface area (Å²) in [6.45, 7) is 21.4. The Hall–Kier alpha value is -0.843. The number of nitrogens with zero attached hydrogens (tertiary/aromatic N) is 1. The third-order valence-electron chi connectivity index (χ3n) is 5.75. The second kappa shape index (κ2) is 8.45. The van der Waals surface area contributed by atoms with Gasteiger partial charge in [-0.3, -0.25) is 4.90 Å². The minimum atomic E-state index is -1.76. The molecule has 1 aromatic rings. The molecule has 26 heavy (non-hydrogen) atoms. The van der Waals surface area contributed by atoms with Gasteiger partial charge in [0.2, 0.25) is 8.32 Å². The van der Waals surface area contributed by atoms with Crippen LogP contribution in [-0.2, 0) is 11.2 Å². The SMILES string of the molecule is CC(Cc1ccc(O[Si](C)(C)C(C)(C)C)cc1)CN1CC(C)OC(C)C1. The van der Waals surface area contributed by atoms with E-state index in [1.54, 1.807) is 0 Å². The van der Waals surface area contributed by atoms with E-state index in [4.69, 9.17) is 9.16 Å². The topological polar surface area (TPSA) is 21.7 Å². The molecule has 0 amide bonds. The Bertz CT molecular complexity index is 555. The molecule has 0 aliphatic carbocycles. The Kier molecular flexibility index (Phi) is 6.97. The first-order chi connectivity index (χ1) is 12.0. The van der Waals surface area contributed by atoms with Gasteiger partial charge in [-0.05, 0) is 62.0 Å². The number of hydrogen-bond acceptors (Lipinski definition) is 3. The zero-order chi connectivity index (χ0) is 19.5. The van der Waals surface area contributed by atoms with Crippen molar-refractivity contribution >= 4 is 8.32 Å². The highest BCUT2D eigenvalue weighted by molar-refractivity contribution is 6.74. The molecular weight excluding hydrogens is 338 g/mol. The predicted molar refractivity (Wildman–Crippen MR) is 114 cm³/mol. The molecular formula is C22H39NO2Si. The van der Waals surface area contributed by atoms with Crippen LogP contribution in [-0.4, -0.2) is 45.1 Å². The van der Waals surface area contributed by atoms with E-state index in [0.717, 1.165) is 31.8 Å². The first kappa shape index (κ1) is 21.5. The molecule has 1 heterocycles. The molecule has 0 N–H and O–H groups in total. The molecule has 0 saturated carbocycles. The van der Waals surface area contributed by atoms with Gasteiger partial charge in [0.25, 0.3) is 0 Å². The van der Waals surface area contributed by atoms with E-state index in [-0.39, 0.29) is 5.04 Å². The zero-order valence-corrected chi connectivity index (χ0v) is 19.1. The Morgan fingerprint density at radius 1 is 1.12 bits per heavy atom. The van der Waals surface area contributed by atoms with Gasteiger partial charge in [-0.25, -0.2) is 0 Å². The lowest BCUT2D eigenvalue weighted by Gasteiger charge is -2.37. The summed E-state index contributed by atoms with van der Waals surface area (Å²) in [5.74, 6) is 1.66. The quantitative estimate of drug-likeness (QED) is 0.623. The van der Waals surface area contributed by atoms with Crippen LogP contribution in [0.15, 0.2) is 24.3 Å². The molecule has 3 nitrogen and oxygen atoms in total. The number of rotatable bonds is 6. The Morgan fingerprint density at radius 3 is 2.15 bits per heavy atom. The van der Waals surface area contributed by atoms with Crippen LogP contribution in [0.25, 0.3) is 0 Å². The van der Waals surface area contributed by atoms with Crippen molar-refractivity contribution in [3.8, 4) is 5.75 Å². The Morgan fingerprint density at radius 2 is 1.65 bits per heavy atom. The van der Waals surface area contributed by atoms with Crippen LogP contribution in [0.5, 0.6) is 5.75 Å². The number of ether oxygens (including phenoxy) is 1. The van der Waals surface area contributed by atoms with Gasteiger partial charge in [-0.15, -0.1) is 0 Å². The third kappa shape index (κ3) is 6.10. The molecule has 1 fully saturated rings. The first-order valence-corrected chi connectivity index (χ1v) is 13.0. The molecule has 1 saturated heterocycles. The van der Waals surface area contributed by atoms with Gasteiger partial charge in [-0.1, -0.05) is 39.8 Å². The van der Waals surface area contributed by atoms with Crippen LogP contribution in [0.4, 0.5) is 0 Å². The van der Waals surface area contributed by atoms with E-state index < -0.39 is 8.32 Å². The van der Waals surface area contributed by atoms with Crippen LogP contribution in [0, 0.1) is 5.92 Å². The molecule has 3 atom stereocenters. The normalized spacial score (nSPS) is 23.7. The van der Waals surface area contributed by atoms with Crippen molar-refractivity contribution in [2.24, 2.45) is 5.92 Å². The van der Waals surface area contributed by atoms with Crippen LogP contribution in [0.1, 0.15) is 47.1 Å². The van der Waals surface area contributed by atoms with Gasteiger partial charge in [0, 0.05) is 19.6 Å². The number of hydrogen-bond donors (Lipinski definition) is 0. The van der Waals surface area contributed by atoms with Gasteiger partial charge in [-0.2, -0.15) is 0 Å². The molecule has 2 rings (SSSR count). The maximum absolute atomic E-state index is 6.39. The van der Waals surface area contributed by atoms with Crippen molar-refractivity contribution in [2.75, 3.05) is 19.6 Å². The molecule has 4 heteroatoms. The van der Waals surface area contributed by atoms with Crippen molar-refractivity contribution in [2.45, 2.75) is 78.3 Å². The zero-order valence-electron chi connectivity index (χ0n) is 18.1. The standard InChI is InChI=1S/C22H39NO2Si/c1-17(14-23-15-18(2)24-19(3)16-23)13-20-9-11-21(12-10-20)25-26(7,8)22(4,5)6/h9-12,17-19H,13-16H2,1-8H3. The molecule has 3 unspecified atom stereocenters. The van der Waals surface area contributed by atoms with Crippen molar-refractivity contribution in [3.05, 3.63) is 29.8 Å². The fourth-order valence-electron chi connectivity index (χ4n) is 3.48. The molecule has 0 radical (unpaired) electrons. The smallest absolute Gasteiger partial charge is 0.250 e. The van der Waals surface area contributed by atoms with Gasteiger partial charge < -0.3 is 9.16 Å². The molecule has 0 bridgehead atoms. The fraction of sp³-hybridized carbons (Fsp3) is 0.727. The van der Waals surface area contributed by atoms with Crippen LogP contribution < -0.4 is 4.43 Å². The first-order valence-electron chi connectivity index (χ1n) is 10.1. The van der Waals surface area contributed by atoms with Gasteiger partial charge >= 0.3 is 0 Å². The summed E-state index contributed by atoms with van der Waals surface area (Å²) in [7, 11) is -1.76. The van der Waals surface area contributed by atoms with Gasteiger partial charge in [0.05, 0.1) is 12.2 Å². The minimum absolute atomic E-state index is 0.229. The lowest BCUT2D eigenvalue weighted by atomic mass is 10.00. The largest absolute Gasteiger partial charge is 0.544 e. The highest BCUT2D eigenvalue weighted by Gasteiger charge is 2.38. The maximum atomic E-state index is 6.39. The minimum Gasteiger partial charge on any atom is -0.544 e. The van der Waals surface area contributed by atoms with E-state index in [1.807, 2.05) is 0 Å². The summed E-state index contributed by atoms with van der Waals surface area (Å²) < 4.78 is 12.2. The van der Waals surface area contributed by atoms with Crippen LogP contribution in [0.2, 0.25) is 18.1 Å². The van der Waals surface area contributed by atoms with Crippen LogP contribution in [0.3, 0.4) is 0 Å². The van der Waals surface area contributed by atoms with E-state index in [0.29, 0.717) is 18.1 Å². The lowest BCUT2D eigenvalue weighted by Crippen LogP contribution is -2.47. The van der Waals surface area contributed by atoms with E-state index in [1.165, 1.54) is 5.56 Å². The second-order valence-corrected chi connectivity index (χ2v) is 14.5. The maximum Gasteiger partial charge on any atom is 0.250 e. The highest BCUT2D eigenvalue weighted by atomic mass is 28.4. The molecule has 1 aliphatic heterocycles. The summed E-state index contributed by atoms with van der Waals surface area (Å²) >= 11 is 0. The molecule has 1 aliphatic rings. The summed E-state index contributed by atoms with van der Waals surface area (Å²) in [4.78, 5) is 2.55. The average Bonchev–Trinajstić information content (AvgIpc) is 2.46. The average molecular weight is 378 g/mol. The lowest BCUT2D eigenvalue weighted by molar-refractivity contribution is -0.0708. The fourth-order valence-corrected chi connectivity index (χ4v) is 4.51. The number of morpholine rings is 1. The van der Waals surface area contributed by atoms with Crippen molar-refractivity contribution < 1.29 is 9.16 Å². The molecule has 0 aromatic heterocycles. The van der Waals surface area contributed by atoms with E-state index in [9.17, 15) is 0 Å². The molecule has 148 valence electrons. The third-order valence-corrected chi connectivity index (χ3v) is 10.1. The van der Waals surface area contributed by atoms with Gasteiger partial charge in [0.15, 0.2) is 0 Å². The molecule has 1 aromatic carbocycles. The highest BCUT2D eigenvalue weighted by Crippen LogP contribution is 2.37. The predicted octanol–water partition coefficient (Wildman–Crippen LogP) is 5.36. The second-order valence-electron chi connectivity index (χ2n) is 9.79. The summed E-state index contributed by atoms with van der Waals surface area (Å²) in [6, 6.07) is 8.79. The van der Waals surface area contributed by atoms with Crippen molar-refractivity contribution in [3.63, 3.8) is 0 Å². The monoisotopic (exact) mass is 377 g/mol. The van der Waals surface area contributed by atoms with E-state index >= 15 is 0 Å². The van der Waals surface area contributed by atoms with Crippen molar-refractivity contribution in [1.82, 2.24) is 4.90 Å². The number of benzene rings is 1. The molecule has 0 spiro atoms. The Balaban J connectivity index is 1.88. The van der Waals surface area contributed by atoms with E-state index in [2.05, 4.69) is 83.8 Å².